The van der Waals surface area contributed by atoms with Crippen LogP contribution in [0.5, 0.6) is 0 Å². The fourth-order valence-corrected chi connectivity index (χ4v) is 2.57. The van der Waals surface area contributed by atoms with E-state index in [2.05, 4.69) is 68.5 Å². The quantitative estimate of drug-likeness (QED) is 0.680. The van der Waals surface area contributed by atoms with E-state index in [9.17, 15) is 0 Å². The maximum Gasteiger partial charge on any atom is 0.0323 e. The standard InChI is InChI=1S/C17H30N2/c1-5-6-8-13-17(16-11-9-7-10-12-16)18-15(2)14-19(3)4/h7,9-12,15,17-18H,5-6,8,13-14H2,1-4H3. The van der Waals surface area contributed by atoms with Crippen molar-refractivity contribution in [1.82, 2.24) is 10.2 Å². The molecule has 0 aliphatic rings. The maximum atomic E-state index is 3.78. The van der Waals surface area contributed by atoms with Gasteiger partial charge in [-0.05, 0) is 33.0 Å². The van der Waals surface area contributed by atoms with Crippen LogP contribution in [-0.2, 0) is 0 Å². The first-order chi connectivity index (χ1) is 9.13. The van der Waals surface area contributed by atoms with Crippen LogP contribution in [0, 0.1) is 0 Å². The lowest BCUT2D eigenvalue weighted by atomic mass is 9.99. The molecule has 108 valence electrons. The molecular weight excluding hydrogens is 232 g/mol. The lowest BCUT2D eigenvalue weighted by Gasteiger charge is -2.26. The summed E-state index contributed by atoms with van der Waals surface area (Å²) in [4.78, 5) is 2.24. The van der Waals surface area contributed by atoms with Crippen molar-refractivity contribution in [1.29, 1.82) is 0 Å². The molecule has 0 bridgehead atoms. The van der Waals surface area contributed by atoms with E-state index in [1.807, 2.05) is 0 Å². The molecule has 0 heterocycles. The average molecular weight is 262 g/mol. The van der Waals surface area contributed by atoms with Gasteiger partial charge < -0.3 is 10.2 Å². The summed E-state index contributed by atoms with van der Waals surface area (Å²) >= 11 is 0. The molecule has 0 saturated carbocycles. The zero-order chi connectivity index (χ0) is 14.1. The van der Waals surface area contributed by atoms with Crippen LogP contribution in [0.25, 0.3) is 0 Å². The molecule has 1 rings (SSSR count). The second-order valence-electron chi connectivity index (χ2n) is 5.79. The van der Waals surface area contributed by atoms with Gasteiger partial charge in [-0.15, -0.1) is 0 Å². The summed E-state index contributed by atoms with van der Waals surface area (Å²) < 4.78 is 0. The van der Waals surface area contributed by atoms with Gasteiger partial charge >= 0.3 is 0 Å². The van der Waals surface area contributed by atoms with Crippen LogP contribution in [0.15, 0.2) is 30.3 Å². The zero-order valence-electron chi connectivity index (χ0n) is 13.0. The van der Waals surface area contributed by atoms with E-state index in [-0.39, 0.29) is 0 Å². The summed E-state index contributed by atoms with van der Waals surface area (Å²) in [5.41, 5.74) is 1.42. The number of nitrogens with zero attached hydrogens (tertiary/aromatic N) is 1. The van der Waals surface area contributed by atoms with Crippen molar-refractivity contribution < 1.29 is 0 Å². The summed E-state index contributed by atoms with van der Waals surface area (Å²) in [5, 5.41) is 3.78. The third-order valence-electron chi connectivity index (χ3n) is 3.42. The Bertz CT molecular complexity index is 321. The summed E-state index contributed by atoms with van der Waals surface area (Å²) in [6.45, 7) is 5.62. The minimum absolute atomic E-state index is 0.489. The van der Waals surface area contributed by atoms with E-state index in [0.717, 1.165) is 6.54 Å². The third-order valence-corrected chi connectivity index (χ3v) is 3.42. The molecular formula is C17H30N2. The molecule has 0 aliphatic heterocycles. The molecule has 0 spiro atoms. The van der Waals surface area contributed by atoms with Crippen LogP contribution in [0.1, 0.15) is 51.1 Å². The predicted octanol–water partition coefficient (Wildman–Crippen LogP) is 3.85. The first-order valence-corrected chi connectivity index (χ1v) is 7.59. The van der Waals surface area contributed by atoms with E-state index in [1.54, 1.807) is 0 Å². The Morgan fingerprint density at radius 3 is 2.37 bits per heavy atom. The van der Waals surface area contributed by atoms with Crippen molar-refractivity contribution in [3.8, 4) is 0 Å². The first-order valence-electron chi connectivity index (χ1n) is 7.59. The van der Waals surface area contributed by atoms with Crippen molar-refractivity contribution >= 4 is 0 Å². The molecule has 1 aromatic carbocycles. The number of rotatable bonds is 9. The molecule has 1 N–H and O–H groups in total. The molecule has 0 aromatic heterocycles. The molecule has 0 aliphatic carbocycles. The molecule has 2 heteroatoms. The fraction of sp³-hybridized carbons (Fsp3) is 0.647. The van der Waals surface area contributed by atoms with E-state index >= 15 is 0 Å². The molecule has 0 saturated heterocycles. The van der Waals surface area contributed by atoms with Gasteiger partial charge in [-0.3, -0.25) is 0 Å². The highest BCUT2D eigenvalue weighted by molar-refractivity contribution is 5.19. The second-order valence-corrected chi connectivity index (χ2v) is 5.79. The Hall–Kier alpha value is -0.860. The second kappa shape index (κ2) is 9.11. The van der Waals surface area contributed by atoms with Gasteiger partial charge in [0, 0.05) is 18.6 Å². The van der Waals surface area contributed by atoms with Gasteiger partial charge in [0.1, 0.15) is 0 Å². The largest absolute Gasteiger partial charge is 0.308 e. The highest BCUT2D eigenvalue weighted by atomic mass is 15.1. The van der Waals surface area contributed by atoms with Crippen LogP contribution in [0.4, 0.5) is 0 Å². The fourth-order valence-electron chi connectivity index (χ4n) is 2.57. The van der Waals surface area contributed by atoms with Crippen LogP contribution >= 0.6 is 0 Å². The van der Waals surface area contributed by atoms with Crippen LogP contribution in [0.3, 0.4) is 0 Å². The predicted molar refractivity (Wildman–Crippen MR) is 84.5 cm³/mol. The minimum atomic E-state index is 0.489. The lowest BCUT2D eigenvalue weighted by molar-refractivity contribution is 0.321. The molecule has 1 aromatic rings. The monoisotopic (exact) mass is 262 g/mol. The van der Waals surface area contributed by atoms with E-state index in [1.165, 1.54) is 31.2 Å². The van der Waals surface area contributed by atoms with Gasteiger partial charge in [0.05, 0.1) is 0 Å². The van der Waals surface area contributed by atoms with E-state index < -0.39 is 0 Å². The van der Waals surface area contributed by atoms with Gasteiger partial charge in [-0.25, -0.2) is 0 Å². The van der Waals surface area contributed by atoms with Crippen LogP contribution in [-0.4, -0.2) is 31.6 Å². The lowest BCUT2D eigenvalue weighted by Crippen LogP contribution is -2.38. The number of hydrogen-bond acceptors (Lipinski definition) is 2. The summed E-state index contributed by atoms with van der Waals surface area (Å²) in [6, 6.07) is 11.9. The topological polar surface area (TPSA) is 15.3 Å². The number of likely N-dealkylation sites (N-methyl/N-ethyl adjacent to an activating group) is 1. The number of nitrogens with one attached hydrogen (secondary N) is 1. The molecule has 2 unspecified atom stereocenters. The molecule has 0 amide bonds. The summed E-state index contributed by atoms with van der Waals surface area (Å²) in [5.74, 6) is 0. The Kier molecular flexibility index (Phi) is 7.76. The van der Waals surface area contributed by atoms with Crippen molar-refractivity contribution in [3.05, 3.63) is 35.9 Å². The highest BCUT2D eigenvalue weighted by Gasteiger charge is 2.14. The van der Waals surface area contributed by atoms with Gasteiger partial charge in [0.2, 0.25) is 0 Å². The number of hydrogen-bond donors (Lipinski definition) is 1. The molecule has 0 radical (unpaired) electrons. The van der Waals surface area contributed by atoms with Crippen molar-refractivity contribution in [2.24, 2.45) is 0 Å². The third kappa shape index (κ3) is 6.74. The SMILES string of the molecule is CCCCCC(NC(C)CN(C)C)c1ccccc1. The average Bonchev–Trinajstić information content (AvgIpc) is 2.38. The van der Waals surface area contributed by atoms with Crippen LogP contribution in [0.2, 0.25) is 0 Å². The Labute approximate surface area is 119 Å². The van der Waals surface area contributed by atoms with Crippen molar-refractivity contribution in [2.45, 2.75) is 51.6 Å². The molecule has 0 fully saturated rings. The smallest absolute Gasteiger partial charge is 0.0323 e. The number of unbranched alkanes of at least 4 members (excludes halogenated alkanes) is 2. The number of benzene rings is 1. The first kappa shape index (κ1) is 16.2. The highest BCUT2D eigenvalue weighted by Crippen LogP contribution is 2.20. The Morgan fingerprint density at radius 1 is 1.11 bits per heavy atom. The Balaban J connectivity index is 2.59. The van der Waals surface area contributed by atoms with E-state index in [0.29, 0.717) is 12.1 Å². The van der Waals surface area contributed by atoms with Crippen molar-refractivity contribution in [3.63, 3.8) is 0 Å². The van der Waals surface area contributed by atoms with E-state index in [4.69, 9.17) is 0 Å². The van der Waals surface area contributed by atoms with Gasteiger partial charge in [-0.2, -0.15) is 0 Å². The maximum absolute atomic E-state index is 3.78. The molecule has 2 nitrogen and oxygen atoms in total. The van der Waals surface area contributed by atoms with Gasteiger partial charge in [0.15, 0.2) is 0 Å². The summed E-state index contributed by atoms with van der Waals surface area (Å²) in [7, 11) is 4.26. The van der Waals surface area contributed by atoms with Gasteiger partial charge in [-0.1, -0.05) is 56.5 Å². The minimum Gasteiger partial charge on any atom is -0.308 e. The summed E-state index contributed by atoms with van der Waals surface area (Å²) in [6.07, 6.45) is 5.15. The van der Waals surface area contributed by atoms with Crippen LogP contribution < -0.4 is 5.32 Å². The molecule has 2 atom stereocenters. The normalized spacial score (nSPS) is 14.6. The van der Waals surface area contributed by atoms with Crippen molar-refractivity contribution in [2.75, 3.05) is 20.6 Å². The Morgan fingerprint density at radius 2 is 1.79 bits per heavy atom. The molecule has 19 heavy (non-hydrogen) atoms. The zero-order valence-corrected chi connectivity index (χ0v) is 13.0. The van der Waals surface area contributed by atoms with Gasteiger partial charge in [0.25, 0.3) is 0 Å².